The van der Waals surface area contributed by atoms with Gasteiger partial charge in [-0.05, 0) is 31.2 Å². The molecule has 1 N–H and O–H groups in total. The van der Waals surface area contributed by atoms with Crippen molar-refractivity contribution in [2.24, 2.45) is 10.8 Å². The van der Waals surface area contributed by atoms with E-state index in [2.05, 4.69) is 25.8 Å². The van der Waals surface area contributed by atoms with E-state index >= 15 is 0 Å². The minimum Gasteiger partial charge on any atom is -0.313 e. The fourth-order valence-corrected chi connectivity index (χ4v) is 4.46. The van der Waals surface area contributed by atoms with Crippen molar-refractivity contribution in [3.05, 3.63) is 15.0 Å². The van der Waals surface area contributed by atoms with Gasteiger partial charge in [-0.15, -0.1) is 11.3 Å². The number of nitrogens with one attached hydrogen (secondary N) is 1. The van der Waals surface area contributed by atoms with Gasteiger partial charge in [0.05, 0.1) is 0 Å². The second-order valence-electron chi connectivity index (χ2n) is 6.77. The number of rotatable bonds is 0. The molecule has 2 unspecified atom stereocenters. The molecule has 1 fully saturated rings. The molecule has 1 aromatic rings. The second-order valence-corrected chi connectivity index (χ2v) is 8.43. The minimum atomic E-state index is -0.339. The van der Waals surface area contributed by atoms with E-state index in [0.29, 0.717) is 16.7 Å². The molecule has 2 atom stereocenters. The van der Waals surface area contributed by atoms with Crippen LogP contribution in [-0.2, 0) is 6.42 Å². The Morgan fingerprint density at radius 3 is 2.95 bits per heavy atom. The van der Waals surface area contributed by atoms with Crippen molar-refractivity contribution in [2.75, 3.05) is 6.54 Å². The summed E-state index contributed by atoms with van der Waals surface area (Å²) in [5.74, 6) is 0.151. The van der Waals surface area contributed by atoms with Crippen LogP contribution in [0.2, 0.25) is 5.88 Å². The van der Waals surface area contributed by atoms with Gasteiger partial charge in [0.15, 0.2) is 10.3 Å². The summed E-state index contributed by atoms with van der Waals surface area (Å²) in [4.78, 5) is 18.0. The molecule has 5 heteroatoms. The molecule has 0 amide bonds. The summed E-state index contributed by atoms with van der Waals surface area (Å²) in [6.07, 6.45) is 2.26. The van der Waals surface area contributed by atoms with Gasteiger partial charge in [0.1, 0.15) is 7.11 Å². The molecule has 1 spiro atoms. The first kappa shape index (κ1) is 12.3. The molecule has 104 valence electrons. The number of halogens is 1. The van der Waals surface area contributed by atoms with Gasteiger partial charge in [-0.25, -0.2) is 4.98 Å². The number of carbonyl (C=O) groups is 1. The van der Waals surface area contributed by atoms with Gasteiger partial charge in [-0.2, -0.15) is 0 Å². The van der Waals surface area contributed by atoms with Gasteiger partial charge < -0.3 is 5.31 Å². The highest BCUT2D eigenvalue weighted by Crippen LogP contribution is 2.48. The third kappa shape index (κ3) is 2.14. The Balaban J connectivity index is 1.92. The zero-order chi connectivity index (χ0) is 14.7. The highest BCUT2D eigenvalue weighted by molar-refractivity contribution is 7.16. The SMILES string of the molecule is [2H]N1CCC2(Cc3sc(Cl)nc3C2=O)CC1C(C)(C)C. The molecule has 0 saturated carbocycles. The van der Waals surface area contributed by atoms with Gasteiger partial charge in [-0.3, -0.25) is 4.79 Å². The first-order valence-electron chi connectivity index (χ1n) is 7.13. The van der Waals surface area contributed by atoms with Crippen molar-refractivity contribution < 1.29 is 6.21 Å². The molecule has 2 heterocycles. The Morgan fingerprint density at radius 1 is 1.58 bits per heavy atom. The summed E-state index contributed by atoms with van der Waals surface area (Å²) in [5, 5.41) is 1.66. The monoisotopic (exact) mass is 299 g/mol. The van der Waals surface area contributed by atoms with Crippen molar-refractivity contribution in [2.45, 2.75) is 46.1 Å². The van der Waals surface area contributed by atoms with Crippen LogP contribution in [0.3, 0.4) is 0 Å². The Labute approximate surface area is 124 Å². The lowest BCUT2D eigenvalue weighted by atomic mass is 9.68. The fourth-order valence-electron chi connectivity index (χ4n) is 3.18. The van der Waals surface area contributed by atoms with Crippen LogP contribution in [0.25, 0.3) is 0 Å². The summed E-state index contributed by atoms with van der Waals surface area (Å²) < 4.78 is 8.61. The molecule has 0 aromatic carbocycles. The molecule has 1 aliphatic heterocycles. The van der Waals surface area contributed by atoms with Gasteiger partial charge in [-0.1, -0.05) is 32.4 Å². The lowest BCUT2D eigenvalue weighted by Crippen LogP contribution is -2.52. The number of Topliss-reactive ketones (excluding diaryl/α,β-unsaturated/α-hetero) is 1. The standard InChI is InChI=1S/C14H19ClN2OS/c1-13(2,3)9-7-14(4-5-16-9)6-8-10(11(14)18)17-12(15)19-8/h9,16H,4-7H2,1-3H3/i/hD. The molecule has 0 bridgehead atoms. The third-order valence-corrected chi connectivity index (χ3v) is 5.55. The predicted molar refractivity (Wildman–Crippen MR) is 78.1 cm³/mol. The van der Waals surface area contributed by atoms with Crippen molar-refractivity contribution in [3.63, 3.8) is 0 Å². The first-order chi connectivity index (χ1) is 9.23. The van der Waals surface area contributed by atoms with E-state index in [-0.39, 0.29) is 22.7 Å². The lowest BCUT2D eigenvalue weighted by Gasteiger charge is -2.43. The number of carbonyl (C=O) groups excluding carboxylic acids is 1. The van der Waals surface area contributed by atoms with Gasteiger partial charge >= 0.3 is 0 Å². The molecule has 1 aromatic heterocycles. The van der Waals surface area contributed by atoms with Gasteiger partial charge in [0.2, 0.25) is 0 Å². The zero-order valence-electron chi connectivity index (χ0n) is 12.5. The van der Waals surface area contributed by atoms with Crippen molar-refractivity contribution in [1.82, 2.24) is 10.3 Å². The smallest absolute Gasteiger partial charge is 0.188 e. The number of piperidine rings is 1. The molecular weight excluding hydrogens is 280 g/mol. The number of nitrogens with zero attached hydrogens (tertiary/aromatic N) is 1. The van der Waals surface area contributed by atoms with Crippen LogP contribution in [-0.4, -0.2) is 23.4 Å². The van der Waals surface area contributed by atoms with Crippen LogP contribution in [0.5, 0.6) is 0 Å². The quantitative estimate of drug-likeness (QED) is 0.799. The summed E-state index contributed by atoms with van der Waals surface area (Å²) in [7, 11) is 0. The lowest BCUT2D eigenvalue weighted by molar-refractivity contribution is 0.0636. The van der Waals surface area contributed by atoms with Crippen LogP contribution in [0.4, 0.5) is 0 Å². The van der Waals surface area contributed by atoms with Crippen molar-refractivity contribution >= 4 is 28.7 Å². The number of hydrogen-bond donors (Lipinski definition) is 1. The molecule has 3 rings (SSSR count). The molecule has 3 nitrogen and oxygen atoms in total. The van der Waals surface area contributed by atoms with E-state index in [1.54, 1.807) is 5.31 Å². The maximum Gasteiger partial charge on any atom is 0.188 e. The Morgan fingerprint density at radius 2 is 2.32 bits per heavy atom. The first-order valence-corrected chi connectivity index (χ1v) is 7.88. The number of aromatic nitrogens is 1. The second kappa shape index (κ2) is 4.27. The largest absolute Gasteiger partial charge is 0.313 e. The Kier molecular flexibility index (Phi) is 2.77. The Bertz CT molecular complexity index is 568. The summed E-state index contributed by atoms with van der Waals surface area (Å²) in [6.45, 7) is 7.07. The fraction of sp³-hybridized carbons (Fsp3) is 0.714. The molecular formula is C14H19ClN2OS. The number of thiazole rings is 1. The van der Waals surface area contributed by atoms with Gasteiger partial charge in [0.25, 0.3) is 0 Å². The average Bonchev–Trinajstić information content (AvgIpc) is 2.79. The summed E-state index contributed by atoms with van der Waals surface area (Å²) >= 11 is 7.34. The van der Waals surface area contributed by atoms with Crippen LogP contribution >= 0.6 is 22.9 Å². The van der Waals surface area contributed by atoms with Crippen LogP contribution in [0.1, 0.15) is 49.0 Å². The van der Waals surface area contributed by atoms with E-state index in [0.717, 1.165) is 24.1 Å². The van der Waals surface area contributed by atoms with E-state index in [1.807, 2.05) is 0 Å². The summed E-state index contributed by atoms with van der Waals surface area (Å²) in [5.41, 5.74) is 0.247. The topological polar surface area (TPSA) is 42.0 Å². The summed E-state index contributed by atoms with van der Waals surface area (Å²) in [6, 6.07) is 0.102. The third-order valence-electron chi connectivity index (χ3n) is 4.39. The normalized spacial score (nSPS) is 32.7. The zero-order valence-corrected chi connectivity index (χ0v) is 13.1. The van der Waals surface area contributed by atoms with E-state index in [1.165, 1.54) is 11.3 Å². The number of ketones is 1. The highest BCUT2D eigenvalue weighted by Gasteiger charge is 2.51. The molecule has 0 radical (unpaired) electrons. The average molecular weight is 300 g/mol. The van der Waals surface area contributed by atoms with E-state index in [4.69, 9.17) is 13.0 Å². The molecule has 2 aliphatic rings. The number of hydrogen-bond acceptors (Lipinski definition) is 4. The van der Waals surface area contributed by atoms with Crippen molar-refractivity contribution in [3.8, 4) is 0 Å². The molecule has 19 heavy (non-hydrogen) atoms. The van der Waals surface area contributed by atoms with Crippen molar-refractivity contribution in [1.29, 1.82) is 0 Å². The van der Waals surface area contributed by atoms with Crippen LogP contribution in [0, 0.1) is 10.8 Å². The molecule has 1 aliphatic carbocycles. The van der Waals surface area contributed by atoms with Crippen LogP contribution < -0.4 is 5.31 Å². The Hall–Kier alpha value is -0.450. The van der Waals surface area contributed by atoms with Crippen LogP contribution in [0.15, 0.2) is 0 Å². The predicted octanol–water partition coefficient (Wildman–Crippen LogP) is 3.32. The molecule has 1 saturated heterocycles. The maximum atomic E-state index is 12.8. The highest BCUT2D eigenvalue weighted by atomic mass is 35.5. The maximum absolute atomic E-state index is 12.8. The number of fused-ring (bicyclic) bond motifs is 1. The van der Waals surface area contributed by atoms with Gasteiger partial charge in [0, 0.05) is 16.3 Å². The minimum absolute atomic E-state index is 0.00343. The van der Waals surface area contributed by atoms with E-state index < -0.39 is 0 Å². The van der Waals surface area contributed by atoms with E-state index in [9.17, 15) is 4.79 Å².